The normalized spacial score (nSPS) is 9.62. The second-order valence-electron chi connectivity index (χ2n) is 4.73. The summed E-state index contributed by atoms with van der Waals surface area (Å²) in [7, 11) is 0. The maximum absolute atomic E-state index is 10.6. The predicted octanol–water partition coefficient (Wildman–Crippen LogP) is 3.83. The van der Waals surface area contributed by atoms with Gasteiger partial charge in [0.1, 0.15) is 11.4 Å². The first-order chi connectivity index (χ1) is 10.2. The molecule has 0 amide bonds. The summed E-state index contributed by atoms with van der Waals surface area (Å²) in [6.45, 7) is 3.91. The number of aliphatic imine (C=N–C) groups is 2. The van der Waals surface area contributed by atoms with Gasteiger partial charge in [-0.05, 0) is 48.6 Å². The summed E-state index contributed by atoms with van der Waals surface area (Å²) in [6.07, 6.45) is 3.71. The molecule has 2 aromatic rings. The van der Waals surface area contributed by atoms with Crippen LogP contribution in [-0.4, -0.2) is 12.2 Å². The van der Waals surface area contributed by atoms with E-state index >= 15 is 0 Å². The van der Waals surface area contributed by atoms with Crippen LogP contribution in [0.25, 0.3) is 0 Å². The van der Waals surface area contributed by atoms with E-state index in [9.17, 15) is 9.59 Å². The largest absolute Gasteiger partial charge is 0.240 e. The van der Waals surface area contributed by atoms with E-state index < -0.39 is 0 Å². The van der Waals surface area contributed by atoms with Crippen LogP contribution in [0.3, 0.4) is 0 Å². The van der Waals surface area contributed by atoms with Gasteiger partial charge in [0.15, 0.2) is 0 Å². The summed E-state index contributed by atoms with van der Waals surface area (Å²) < 4.78 is 0. The molecule has 2 aromatic carbocycles. The van der Waals surface area contributed by atoms with Gasteiger partial charge in [0.2, 0.25) is 12.2 Å². The maximum atomic E-state index is 10.6. The Morgan fingerprint density at radius 3 is 2.29 bits per heavy atom. The molecular formula is C17H14N2O2. The lowest BCUT2D eigenvalue weighted by molar-refractivity contribution is 0.564. The molecule has 0 spiro atoms. The number of aryl methyl sites for hydroxylation is 1. The van der Waals surface area contributed by atoms with E-state index in [1.807, 2.05) is 25.1 Å². The summed E-state index contributed by atoms with van der Waals surface area (Å²) in [5.41, 5.74) is 4.96. The molecule has 0 aromatic heterocycles. The molecule has 0 saturated heterocycles. The quantitative estimate of drug-likeness (QED) is 0.630. The van der Waals surface area contributed by atoms with Gasteiger partial charge < -0.3 is 0 Å². The van der Waals surface area contributed by atoms with Crippen molar-refractivity contribution in [2.24, 2.45) is 9.98 Å². The van der Waals surface area contributed by atoms with E-state index in [1.165, 1.54) is 23.3 Å². The van der Waals surface area contributed by atoms with Crippen LogP contribution in [0, 0.1) is 13.8 Å². The van der Waals surface area contributed by atoms with E-state index in [1.54, 1.807) is 6.07 Å². The molecule has 0 saturated carbocycles. The molecule has 2 rings (SSSR count). The highest BCUT2D eigenvalue weighted by Crippen LogP contribution is 2.34. The van der Waals surface area contributed by atoms with Crippen molar-refractivity contribution in [1.82, 2.24) is 0 Å². The zero-order valence-corrected chi connectivity index (χ0v) is 11.9. The van der Waals surface area contributed by atoms with Crippen molar-refractivity contribution < 1.29 is 9.59 Å². The SMILES string of the molecule is Cc1ccccc1Cc1ccc(N=C=O)c(N=C=O)c1C. The van der Waals surface area contributed by atoms with Crippen LogP contribution < -0.4 is 0 Å². The van der Waals surface area contributed by atoms with Gasteiger partial charge >= 0.3 is 0 Å². The van der Waals surface area contributed by atoms with Gasteiger partial charge in [0, 0.05) is 0 Å². The highest BCUT2D eigenvalue weighted by molar-refractivity contribution is 5.73. The van der Waals surface area contributed by atoms with Crippen LogP contribution in [-0.2, 0) is 16.0 Å². The monoisotopic (exact) mass is 278 g/mol. The van der Waals surface area contributed by atoms with Crippen molar-refractivity contribution in [2.75, 3.05) is 0 Å². The minimum absolute atomic E-state index is 0.333. The van der Waals surface area contributed by atoms with Crippen LogP contribution >= 0.6 is 0 Å². The minimum Gasteiger partial charge on any atom is -0.211 e. The first kappa shape index (κ1) is 14.6. The van der Waals surface area contributed by atoms with Crippen molar-refractivity contribution in [1.29, 1.82) is 0 Å². The summed E-state index contributed by atoms with van der Waals surface area (Å²) in [5, 5.41) is 0. The summed E-state index contributed by atoms with van der Waals surface area (Å²) in [5.74, 6) is 0. The highest BCUT2D eigenvalue weighted by Gasteiger charge is 2.10. The maximum Gasteiger partial charge on any atom is 0.240 e. The van der Waals surface area contributed by atoms with Crippen LogP contribution in [0.2, 0.25) is 0 Å². The second-order valence-corrected chi connectivity index (χ2v) is 4.73. The summed E-state index contributed by atoms with van der Waals surface area (Å²) in [4.78, 5) is 28.3. The third kappa shape index (κ3) is 3.21. The van der Waals surface area contributed by atoms with Crippen molar-refractivity contribution in [3.05, 3.63) is 58.7 Å². The fraction of sp³-hybridized carbons (Fsp3) is 0.176. The molecular weight excluding hydrogens is 264 g/mol. The zero-order chi connectivity index (χ0) is 15.2. The van der Waals surface area contributed by atoms with E-state index in [0.717, 1.165) is 17.5 Å². The number of hydrogen-bond donors (Lipinski definition) is 0. The van der Waals surface area contributed by atoms with Gasteiger partial charge in [-0.15, -0.1) is 0 Å². The fourth-order valence-corrected chi connectivity index (χ4v) is 2.26. The molecule has 0 aliphatic rings. The van der Waals surface area contributed by atoms with Crippen molar-refractivity contribution in [2.45, 2.75) is 20.3 Å². The summed E-state index contributed by atoms with van der Waals surface area (Å²) in [6, 6.07) is 11.7. The van der Waals surface area contributed by atoms with Gasteiger partial charge in [-0.1, -0.05) is 30.3 Å². The summed E-state index contributed by atoms with van der Waals surface area (Å²) >= 11 is 0. The Morgan fingerprint density at radius 1 is 0.905 bits per heavy atom. The molecule has 0 unspecified atom stereocenters. The Balaban J connectivity index is 2.51. The van der Waals surface area contributed by atoms with Crippen LogP contribution in [0.1, 0.15) is 22.3 Å². The number of isocyanates is 2. The molecule has 21 heavy (non-hydrogen) atoms. The first-order valence-electron chi connectivity index (χ1n) is 6.50. The van der Waals surface area contributed by atoms with Crippen LogP contribution in [0.4, 0.5) is 11.4 Å². The Hall–Kier alpha value is -2.80. The van der Waals surface area contributed by atoms with Gasteiger partial charge in [-0.2, -0.15) is 9.98 Å². The van der Waals surface area contributed by atoms with Crippen molar-refractivity contribution in [3.8, 4) is 0 Å². The average molecular weight is 278 g/mol. The molecule has 0 fully saturated rings. The highest BCUT2D eigenvalue weighted by atomic mass is 16.1. The zero-order valence-electron chi connectivity index (χ0n) is 11.9. The molecule has 104 valence electrons. The topological polar surface area (TPSA) is 58.9 Å². The molecule has 0 bridgehead atoms. The average Bonchev–Trinajstić information content (AvgIpc) is 2.48. The lowest BCUT2D eigenvalue weighted by Crippen LogP contribution is -1.94. The molecule has 0 N–H and O–H groups in total. The Bertz CT molecular complexity index is 768. The van der Waals surface area contributed by atoms with Gasteiger partial charge in [-0.25, -0.2) is 9.59 Å². The van der Waals surface area contributed by atoms with E-state index in [2.05, 4.69) is 29.0 Å². The smallest absolute Gasteiger partial charge is 0.211 e. The van der Waals surface area contributed by atoms with Crippen molar-refractivity contribution >= 4 is 23.5 Å². The Kier molecular flexibility index (Phi) is 4.57. The Morgan fingerprint density at radius 2 is 1.62 bits per heavy atom. The van der Waals surface area contributed by atoms with E-state index in [-0.39, 0.29) is 0 Å². The standard InChI is InChI=1S/C17H14N2O2/c1-12-5-3-4-6-14(12)9-15-7-8-16(18-10-20)17(13(15)2)19-11-21/h3-8H,9H2,1-2H3. The van der Waals surface area contributed by atoms with Gasteiger partial charge in [0.05, 0.1) is 0 Å². The molecule has 0 aliphatic heterocycles. The van der Waals surface area contributed by atoms with Crippen molar-refractivity contribution in [3.63, 3.8) is 0 Å². The third-order valence-electron chi connectivity index (χ3n) is 3.49. The van der Waals surface area contributed by atoms with Crippen LogP contribution in [0.15, 0.2) is 46.4 Å². The van der Waals surface area contributed by atoms with E-state index in [0.29, 0.717) is 11.4 Å². The minimum atomic E-state index is 0.333. The molecule has 0 heterocycles. The first-order valence-corrected chi connectivity index (χ1v) is 6.50. The number of nitrogens with zero attached hydrogens (tertiary/aromatic N) is 2. The molecule has 0 aliphatic carbocycles. The molecule has 4 heteroatoms. The third-order valence-corrected chi connectivity index (χ3v) is 3.49. The van der Waals surface area contributed by atoms with E-state index in [4.69, 9.17) is 0 Å². The number of rotatable bonds is 4. The molecule has 0 atom stereocenters. The lowest BCUT2D eigenvalue weighted by atomic mass is 9.96. The fourth-order valence-electron chi connectivity index (χ4n) is 2.26. The Labute approximate surface area is 122 Å². The second kappa shape index (κ2) is 6.58. The molecule has 4 nitrogen and oxygen atoms in total. The number of carbonyl (C=O) groups excluding carboxylic acids is 2. The molecule has 0 radical (unpaired) electrons. The lowest BCUT2D eigenvalue weighted by Gasteiger charge is -2.11. The predicted molar refractivity (Wildman–Crippen MR) is 80.7 cm³/mol. The number of benzene rings is 2. The van der Waals surface area contributed by atoms with Gasteiger partial charge in [0.25, 0.3) is 0 Å². The number of hydrogen-bond acceptors (Lipinski definition) is 4. The van der Waals surface area contributed by atoms with Gasteiger partial charge in [-0.3, -0.25) is 0 Å². The van der Waals surface area contributed by atoms with Crippen LogP contribution in [0.5, 0.6) is 0 Å².